The number of carbonyl (C=O) groups is 1. The summed E-state index contributed by atoms with van der Waals surface area (Å²) in [6, 6.07) is 18.2. The number of nitrogens with zero attached hydrogens (tertiary/aromatic N) is 1. The molecule has 0 bridgehead atoms. The molecule has 0 spiro atoms. The number of nitrogens with one attached hydrogen (secondary N) is 1. The Labute approximate surface area is 177 Å². The third-order valence-electron chi connectivity index (χ3n) is 4.39. The molecule has 144 valence electrons. The molecule has 0 saturated heterocycles. The number of carbonyl (C=O) groups excluding carboxylic acids is 1. The largest absolute Gasteiger partial charge is 0.436 e. The summed E-state index contributed by atoms with van der Waals surface area (Å²) in [5.74, 6) is 0.235. The molecule has 1 aromatic heterocycles. The summed E-state index contributed by atoms with van der Waals surface area (Å²) in [7, 11) is 0. The molecule has 0 unspecified atom stereocenters. The topological polar surface area (TPSA) is 55.1 Å². The SMILES string of the molecule is Cc1ccc(-c2nc3cc(Cl)ccc3o2)cc1NC(=O)/C=C/c1ccc(Cl)cc1. The second-order valence-electron chi connectivity index (χ2n) is 6.53. The number of hydrogen-bond donors (Lipinski definition) is 1. The summed E-state index contributed by atoms with van der Waals surface area (Å²) in [5.41, 5.74) is 4.61. The lowest BCUT2D eigenvalue weighted by molar-refractivity contribution is -0.111. The fourth-order valence-electron chi connectivity index (χ4n) is 2.83. The second-order valence-corrected chi connectivity index (χ2v) is 7.41. The first kappa shape index (κ1) is 19.2. The maximum atomic E-state index is 12.4. The Morgan fingerprint density at radius 2 is 1.76 bits per heavy atom. The molecule has 0 fully saturated rings. The Hall–Kier alpha value is -3.08. The van der Waals surface area contributed by atoms with Gasteiger partial charge in [-0.25, -0.2) is 4.98 Å². The predicted molar refractivity (Wildman–Crippen MR) is 118 cm³/mol. The van der Waals surface area contributed by atoms with E-state index in [0.29, 0.717) is 32.7 Å². The third-order valence-corrected chi connectivity index (χ3v) is 4.88. The van der Waals surface area contributed by atoms with Crippen LogP contribution in [0.15, 0.2) is 71.2 Å². The summed E-state index contributed by atoms with van der Waals surface area (Å²) in [6.45, 7) is 1.92. The van der Waals surface area contributed by atoms with Crippen molar-refractivity contribution >= 4 is 52.0 Å². The van der Waals surface area contributed by atoms with Gasteiger partial charge < -0.3 is 9.73 Å². The van der Waals surface area contributed by atoms with Crippen LogP contribution in [0.2, 0.25) is 10.0 Å². The van der Waals surface area contributed by atoms with Crippen LogP contribution in [0.1, 0.15) is 11.1 Å². The Morgan fingerprint density at radius 3 is 2.55 bits per heavy atom. The molecule has 0 atom stereocenters. The molecule has 0 aliphatic heterocycles. The van der Waals surface area contributed by atoms with Gasteiger partial charge in [0.1, 0.15) is 5.52 Å². The first-order valence-electron chi connectivity index (χ1n) is 8.90. The predicted octanol–water partition coefficient (Wildman–Crippen LogP) is 6.76. The zero-order valence-corrected chi connectivity index (χ0v) is 17.0. The van der Waals surface area contributed by atoms with Crippen molar-refractivity contribution in [2.24, 2.45) is 0 Å². The molecule has 0 aliphatic carbocycles. The van der Waals surface area contributed by atoms with Crippen molar-refractivity contribution in [3.63, 3.8) is 0 Å². The molecule has 0 saturated carbocycles. The highest BCUT2D eigenvalue weighted by atomic mass is 35.5. The van der Waals surface area contributed by atoms with E-state index < -0.39 is 0 Å². The Morgan fingerprint density at radius 1 is 1.00 bits per heavy atom. The Balaban J connectivity index is 1.56. The highest BCUT2D eigenvalue weighted by Crippen LogP contribution is 2.29. The third kappa shape index (κ3) is 4.50. The van der Waals surface area contributed by atoms with Crippen molar-refractivity contribution in [1.29, 1.82) is 0 Å². The van der Waals surface area contributed by atoms with Crippen molar-refractivity contribution in [3.05, 3.63) is 87.9 Å². The van der Waals surface area contributed by atoms with E-state index in [1.165, 1.54) is 6.08 Å². The van der Waals surface area contributed by atoms with Crippen LogP contribution in [0.3, 0.4) is 0 Å². The number of benzene rings is 3. The van der Waals surface area contributed by atoms with Crippen LogP contribution in [-0.4, -0.2) is 10.9 Å². The summed E-state index contributed by atoms with van der Waals surface area (Å²) < 4.78 is 5.82. The zero-order valence-electron chi connectivity index (χ0n) is 15.4. The van der Waals surface area contributed by atoms with E-state index in [1.807, 2.05) is 37.3 Å². The Bertz CT molecular complexity index is 1230. The van der Waals surface area contributed by atoms with E-state index in [4.69, 9.17) is 27.6 Å². The van der Waals surface area contributed by atoms with Gasteiger partial charge in [0.15, 0.2) is 5.58 Å². The average molecular weight is 423 g/mol. The van der Waals surface area contributed by atoms with E-state index in [9.17, 15) is 4.79 Å². The summed E-state index contributed by atoms with van der Waals surface area (Å²) in [6.07, 6.45) is 3.21. The average Bonchev–Trinajstić information content (AvgIpc) is 3.12. The molecule has 0 aliphatic rings. The van der Waals surface area contributed by atoms with Gasteiger partial charge in [-0.1, -0.05) is 41.4 Å². The monoisotopic (exact) mass is 422 g/mol. The molecule has 4 rings (SSSR count). The van der Waals surface area contributed by atoms with Crippen molar-refractivity contribution < 1.29 is 9.21 Å². The second kappa shape index (κ2) is 8.11. The standard InChI is InChI=1S/C23H16Cl2N2O2/c1-14-2-6-16(23-27-20-13-18(25)9-10-21(20)29-23)12-19(14)26-22(28)11-5-15-3-7-17(24)8-4-15/h2-13H,1H3,(H,26,28)/b11-5+. The normalized spacial score (nSPS) is 11.3. The lowest BCUT2D eigenvalue weighted by Crippen LogP contribution is -2.09. The minimum atomic E-state index is -0.232. The molecular formula is C23H16Cl2N2O2. The quantitative estimate of drug-likeness (QED) is 0.369. The highest BCUT2D eigenvalue weighted by Gasteiger charge is 2.11. The van der Waals surface area contributed by atoms with E-state index in [1.54, 1.807) is 36.4 Å². The molecule has 4 aromatic rings. The summed E-state index contributed by atoms with van der Waals surface area (Å²) in [5, 5.41) is 4.15. The van der Waals surface area contributed by atoms with Gasteiger partial charge in [-0.3, -0.25) is 4.79 Å². The lowest BCUT2D eigenvalue weighted by atomic mass is 10.1. The molecule has 1 N–H and O–H groups in total. The van der Waals surface area contributed by atoms with Crippen LogP contribution in [-0.2, 0) is 4.79 Å². The van der Waals surface area contributed by atoms with E-state index >= 15 is 0 Å². The van der Waals surface area contributed by atoms with Crippen LogP contribution in [0.25, 0.3) is 28.6 Å². The fraction of sp³-hybridized carbons (Fsp3) is 0.0435. The number of halogens is 2. The smallest absolute Gasteiger partial charge is 0.248 e. The highest BCUT2D eigenvalue weighted by molar-refractivity contribution is 6.31. The zero-order chi connectivity index (χ0) is 20.4. The van der Waals surface area contributed by atoms with Crippen LogP contribution in [0.5, 0.6) is 0 Å². The number of oxazole rings is 1. The number of aryl methyl sites for hydroxylation is 1. The van der Waals surface area contributed by atoms with Gasteiger partial charge in [-0.2, -0.15) is 0 Å². The van der Waals surface area contributed by atoms with Crippen molar-refractivity contribution in [2.75, 3.05) is 5.32 Å². The number of amides is 1. The van der Waals surface area contributed by atoms with Gasteiger partial charge in [0.25, 0.3) is 0 Å². The minimum Gasteiger partial charge on any atom is -0.436 e. The van der Waals surface area contributed by atoms with E-state index in [-0.39, 0.29) is 5.91 Å². The van der Waals surface area contributed by atoms with Crippen LogP contribution >= 0.6 is 23.2 Å². The first-order valence-corrected chi connectivity index (χ1v) is 9.65. The maximum absolute atomic E-state index is 12.4. The molecule has 3 aromatic carbocycles. The van der Waals surface area contributed by atoms with Gasteiger partial charge in [0, 0.05) is 27.4 Å². The number of fused-ring (bicyclic) bond motifs is 1. The fourth-order valence-corrected chi connectivity index (χ4v) is 3.13. The van der Waals surface area contributed by atoms with Gasteiger partial charge in [-0.05, 0) is 66.6 Å². The van der Waals surface area contributed by atoms with Gasteiger partial charge >= 0.3 is 0 Å². The minimum absolute atomic E-state index is 0.232. The van der Waals surface area contributed by atoms with E-state index in [0.717, 1.165) is 16.7 Å². The van der Waals surface area contributed by atoms with Crippen molar-refractivity contribution in [1.82, 2.24) is 4.98 Å². The molecule has 6 heteroatoms. The molecule has 0 radical (unpaired) electrons. The van der Waals surface area contributed by atoms with Gasteiger partial charge in [0.2, 0.25) is 11.8 Å². The number of hydrogen-bond acceptors (Lipinski definition) is 3. The van der Waals surface area contributed by atoms with Crippen LogP contribution < -0.4 is 5.32 Å². The molecule has 1 amide bonds. The van der Waals surface area contributed by atoms with Gasteiger partial charge in [0.05, 0.1) is 0 Å². The molecule has 1 heterocycles. The van der Waals surface area contributed by atoms with Crippen LogP contribution in [0, 0.1) is 6.92 Å². The summed E-state index contributed by atoms with van der Waals surface area (Å²) in [4.78, 5) is 16.8. The number of anilines is 1. The number of rotatable bonds is 4. The maximum Gasteiger partial charge on any atom is 0.248 e. The van der Waals surface area contributed by atoms with Crippen LogP contribution in [0.4, 0.5) is 5.69 Å². The van der Waals surface area contributed by atoms with Crippen molar-refractivity contribution in [2.45, 2.75) is 6.92 Å². The molecule has 29 heavy (non-hydrogen) atoms. The Kier molecular flexibility index (Phi) is 5.38. The first-order chi connectivity index (χ1) is 14.0. The lowest BCUT2D eigenvalue weighted by Gasteiger charge is -2.08. The molecule has 4 nitrogen and oxygen atoms in total. The van der Waals surface area contributed by atoms with Gasteiger partial charge in [-0.15, -0.1) is 0 Å². The molecular weight excluding hydrogens is 407 g/mol. The number of aromatic nitrogens is 1. The van der Waals surface area contributed by atoms with E-state index in [2.05, 4.69) is 10.3 Å². The summed E-state index contributed by atoms with van der Waals surface area (Å²) >= 11 is 11.9. The van der Waals surface area contributed by atoms with Crippen molar-refractivity contribution in [3.8, 4) is 11.5 Å².